The van der Waals surface area contributed by atoms with Crippen LogP contribution in [0.5, 0.6) is 0 Å². The molecule has 38 heavy (non-hydrogen) atoms. The van der Waals surface area contributed by atoms with E-state index in [1.165, 1.54) is 0 Å². The van der Waals surface area contributed by atoms with E-state index in [9.17, 15) is 19.5 Å². The van der Waals surface area contributed by atoms with Crippen molar-refractivity contribution < 1.29 is 24.6 Å². The van der Waals surface area contributed by atoms with Crippen molar-refractivity contribution in [1.29, 1.82) is 0 Å². The molecule has 1 unspecified atom stereocenters. The fourth-order valence-corrected chi connectivity index (χ4v) is 5.19. The molecule has 8 nitrogen and oxygen atoms in total. The minimum absolute atomic E-state index is 0.207. The van der Waals surface area contributed by atoms with E-state index >= 15 is 0 Å². The second kappa shape index (κ2) is 12.8. The van der Waals surface area contributed by atoms with Crippen molar-refractivity contribution in [3.05, 3.63) is 63.6 Å². The first kappa shape index (κ1) is 29.7. The number of hydrogen-bond donors (Lipinski definition) is 5. The monoisotopic (exact) mass is 563 g/mol. The highest BCUT2D eigenvalue weighted by Crippen LogP contribution is 2.43. The van der Waals surface area contributed by atoms with E-state index in [-0.39, 0.29) is 23.4 Å². The molecule has 1 aliphatic rings. The van der Waals surface area contributed by atoms with Gasteiger partial charge in [-0.15, -0.1) is 0 Å². The largest absolute Gasteiger partial charge is 0.479 e. The number of hydrogen-bond acceptors (Lipinski definition) is 4. The first-order chi connectivity index (χ1) is 17.8. The van der Waals surface area contributed by atoms with E-state index in [0.29, 0.717) is 27.2 Å². The third-order valence-corrected chi connectivity index (χ3v) is 7.94. The smallest absolute Gasteiger partial charge is 0.334 e. The maximum atomic E-state index is 13.0. The average molecular weight is 565 g/mol. The highest BCUT2D eigenvalue weighted by molar-refractivity contribution is 6.42. The molecule has 0 aliphatic heterocycles. The van der Waals surface area contributed by atoms with Crippen LogP contribution in [0.4, 0.5) is 10.5 Å². The highest BCUT2D eigenvalue weighted by Gasteiger charge is 2.34. The Morgan fingerprint density at radius 3 is 2.16 bits per heavy atom. The number of benzene rings is 2. The Balaban J connectivity index is 1.75. The summed E-state index contributed by atoms with van der Waals surface area (Å²) in [5, 5.41) is 27.3. The van der Waals surface area contributed by atoms with Gasteiger partial charge in [0, 0.05) is 11.3 Å². The van der Waals surface area contributed by atoms with Gasteiger partial charge in [-0.3, -0.25) is 4.79 Å². The van der Waals surface area contributed by atoms with E-state index in [1.54, 1.807) is 42.5 Å². The van der Waals surface area contributed by atoms with Gasteiger partial charge in [0.05, 0.1) is 22.6 Å². The zero-order valence-electron chi connectivity index (χ0n) is 21.8. The maximum Gasteiger partial charge on any atom is 0.334 e. The second-order valence-corrected chi connectivity index (χ2v) is 11.7. The molecule has 1 saturated carbocycles. The Bertz CT molecular complexity index is 1140. The number of nitrogens with one attached hydrogen (secondary N) is 3. The molecule has 0 radical (unpaired) electrons. The van der Waals surface area contributed by atoms with Crippen LogP contribution in [0.1, 0.15) is 68.4 Å². The van der Waals surface area contributed by atoms with Gasteiger partial charge in [-0.1, -0.05) is 56.1 Å². The average Bonchev–Trinajstić information content (AvgIpc) is 2.87. The van der Waals surface area contributed by atoms with Gasteiger partial charge in [0.15, 0.2) is 6.10 Å². The Kier molecular flexibility index (Phi) is 10.0. The molecule has 3 rings (SSSR count). The summed E-state index contributed by atoms with van der Waals surface area (Å²) in [7, 11) is 0. The standard InChI is InChI=1S/C28H35Cl2N3O5/c1-28(2,3)19-10-8-17(9-11-19)24(33-27(38)32-20-12-13-21(29)22(30)14-20)16-4-6-18(7-5-16)25(35)31-15-23(34)26(36)37/h4-7,12-14,17,19,23-24,34H,8-11,15H2,1-3H3,(H,31,35)(H,36,37)(H2,32,33,38)/t17?,19?,23-,24?/m1/s1. The van der Waals surface area contributed by atoms with Crippen molar-refractivity contribution in [2.24, 2.45) is 17.3 Å². The summed E-state index contributed by atoms with van der Waals surface area (Å²) >= 11 is 12.1. The number of carbonyl (C=O) groups excluding carboxylic acids is 2. The number of urea groups is 1. The first-order valence-electron chi connectivity index (χ1n) is 12.7. The lowest BCUT2D eigenvalue weighted by atomic mass is 9.68. The van der Waals surface area contributed by atoms with E-state index in [4.69, 9.17) is 28.3 Å². The van der Waals surface area contributed by atoms with Gasteiger partial charge in [-0.05, 0) is 78.8 Å². The zero-order valence-corrected chi connectivity index (χ0v) is 23.3. The molecule has 5 N–H and O–H groups in total. The molecule has 2 atom stereocenters. The van der Waals surface area contributed by atoms with Crippen LogP contribution < -0.4 is 16.0 Å². The summed E-state index contributed by atoms with van der Waals surface area (Å²) in [6, 6.07) is 11.1. The SMILES string of the molecule is CC(C)(C)C1CCC(C(NC(=O)Nc2ccc(Cl)c(Cl)c2)c2ccc(C(=O)NC[C@@H](O)C(=O)O)cc2)CC1. The lowest BCUT2D eigenvalue weighted by Crippen LogP contribution is -2.39. The molecule has 0 bridgehead atoms. The van der Waals surface area contributed by atoms with Crippen molar-refractivity contribution in [3.63, 3.8) is 0 Å². The van der Waals surface area contributed by atoms with Gasteiger partial charge in [-0.2, -0.15) is 0 Å². The van der Waals surface area contributed by atoms with Crippen LogP contribution in [0.2, 0.25) is 10.0 Å². The topological polar surface area (TPSA) is 128 Å². The van der Waals surface area contributed by atoms with E-state index in [1.807, 2.05) is 0 Å². The fourth-order valence-electron chi connectivity index (χ4n) is 4.89. The van der Waals surface area contributed by atoms with Crippen LogP contribution in [0.15, 0.2) is 42.5 Å². The van der Waals surface area contributed by atoms with Crippen molar-refractivity contribution in [2.75, 3.05) is 11.9 Å². The molecule has 0 aromatic heterocycles. The van der Waals surface area contributed by atoms with Crippen molar-refractivity contribution >= 4 is 46.8 Å². The molecule has 3 amide bonds. The number of anilines is 1. The Labute approximate surface area is 233 Å². The van der Waals surface area contributed by atoms with Crippen molar-refractivity contribution in [3.8, 4) is 0 Å². The molecule has 2 aromatic rings. The third-order valence-electron chi connectivity index (χ3n) is 7.21. The fraction of sp³-hybridized carbons (Fsp3) is 0.464. The number of rotatable bonds is 8. The van der Waals surface area contributed by atoms with Crippen molar-refractivity contribution in [2.45, 2.75) is 58.6 Å². The molecular weight excluding hydrogens is 529 g/mol. The van der Waals surface area contributed by atoms with Crippen LogP contribution in [0.25, 0.3) is 0 Å². The van der Waals surface area contributed by atoms with Crippen LogP contribution >= 0.6 is 23.2 Å². The number of aliphatic hydroxyl groups excluding tert-OH is 1. The number of carboxylic acid groups (broad SMARTS) is 1. The molecule has 2 aromatic carbocycles. The summed E-state index contributed by atoms with van der Waals surface area (Å²) in [5.41, 5.74) is 1.92. The Morgan fingerprint density at radius 2 is 1.61 bits per heavy atom. The van der Waals surface area contributed by atoms with Gasteiger partial charge in [0.2, 0.25) is 0 Å². The maximum absolute atomic E-state index is 13.0. The van der Waals surface area contributed by atoms with Crippen molar-refractivity contribution in [1.82, 2.24) is 10.6 Å². The predicted octanol–water partition coefficient (Wildman–Crippen LogP) is 5.88. The number of halogens is 2. The predicted molar refractivity (Wildman–Crippen MR) is 149 cm³/mol. The molecular formula is C28H35Cl2N3O5. The number of carboxylic acids is 1. The van der Waals surface area contributed by atoms with Crippen LogP contribution in [-0.2, 0) is 4.79 Å². The molecule has 206 valence electrons. The Morgan fingerprint density at radius 1 is 0.974 bits per heavy atom. The van der Waals surface area contributed by atoms with Gasteiger partial charge in [0.1, 0.15) is 0 Å². The number of carbonyl (C=O) groups is 3. The minimum atomic E-state index is -1.68. The van der Waals surface area contributed by atoms with Gasteiger partial charge >= 0.3 is 12.0 Å². The molecule has 1 fully saturated rings. The number of amides is 3. The van der Waals surface area contributed by atoms with Gasteiger partial charge in [0.25, 0.3) is 5.91 Å². The summed E-state index contributed by atoms with van der Waals surface area (Å²) < 4.78 is 0. The lowest BCUT2D eigenvalue weighted by Gasteiger charge is -2.39. The van der Waals surface area contributed by atoms with E-state index in [0.717, 1.165) is 31.2 Å². The molecule has 1 aliphatic carbocycles. The van der Waals surface area contributed by atoms with Gasteiger partial charge < -0.3 is 26.2 Å². The first-order valence-corrected chi connectivity index (χ1v) is 13.4. The molecule has 0 saturated heterocycles. The molecule has 0 spiro atoms. The summed E-state index contributed by atoms with van der Waals surface area (Å²) in [6.45, 7) is 6.39. The minimum Gasteiger partial charge on any atom is -0.479 e. The van der Waals surface area contributed by atoms with Crippen LogP contribution in [0, 0.1) is 17.3 Å². The van der Waals surface area contributed by atoms with Crippen LogP contribution in [0.3, 0.4) is 0 Å². The quantitative estimate of drug-likeness (QED) is 0.274. The normalized spacial score (nSPS) is 19.2. The highest BCUT2D eigenvalue weighted by atomic mass is 35.5. The van der Waals surface area contributed by atoms with Gasteiger partial charge in [-0.25, -0.2) is 9.59 Å². The lowest BCUT2D eigenvalue weighted by molar-refractivity contribution is -0.146. The Hall–Kier alpha value is -2.81. The van der Waals surface area contributed by atoms with Crippen LogP contribution in [-0.4, -0.2) is 40.8 Å². The second-order valence-electron chi connectivity index (χ2n) is 10.9. The summed E-state index contributed by atoms with van der Waals surface area (Å²) in [6.07, 6.45) is 2.36. The van der Waals surface area contributed by atoms with E-state index in [2.05, 4.69) is 36.7 Å². The van der Waals surface area contributed by atoms with E-state index < -0.39 is 24.5 Å². The number of aliphatic hydroxyl groups is 1. The third kappa shape index (κ3) is 8.09. The molecule has 10 heteroatoms. The summed E-state index contributed by atoms with van der Waals surface area (Å²) in [4.78, 5) is 36.2. The molecule has 0 heterocycles. The zero-order chi connectivity index (χ0) is 28.0. The number of aliphatic carboxylic acids is 1. The summed E-state index contributed by atoms with van der Waals surface area (Å²) in [5.74, 6) is -1.09.